The topological polar surface area (TPSA) is 58.2 Å². The van der Waals surface area contributed by atoms with Crippen molar-refractivity contribution in [3.63, 3.8) is 0 Å². The van der Waals surface area contributed by atoms with Crippen LogP contribution in [-0.2, 0) is 17.6 Å². The SMILES string of the molecule is C[C@@H]1CCc2sc(C(=O)NNC(=O)CC34CC5CC(CC(C5)C3)C4)cc2C1. The molecule has 6 rings (SSSR count). The summed E-state index contributed by atoms with van der Waals surface area (Å²) in [5, 5.41) is 0. The third kappa shape index (κ3) is 3.43. The second-order valence-electron chi connectivity index (χ2n) is 10.0. The Morgan fingerprint density at radius 3 is 2.44 bits per heavy atom. The molecule has 0 unspecified atom stereocenters. The highest BCUT2D eigenvalue weighted by Gasteiger charge is 2.51. The minimum Gasteiger partial charge on any atom is -0.273 e. The van der Waals surface area contributed by atoms with Gasteiger partial charge in [-0.2, -0.15) is 0 Å². The van der Waals surface area contributed by atoms with Crippen LogP contribution >= 0.6 is 11.3 Å². The van der Waals surface area contributed by atoms with Crippen molar-refractivity contribution in [1.29, 1.82) is 0 Å². The molecule has 2 amide bonds. The summed E-state index contributed by atoms with van der Waals surface area (Å²) >= 11 is 1.59. The van der Waals surface area contributed by atoms with Crippen molar-refractivity contribution < 1.29 is 9.59 Å². The predicted molar refractivity (Wildman–Crippen MR) is 106 cm³/mol. The maximum Gasteiger partial charge on any atom is 0.279 e. The molecule has 2 N–H and O–H groups in total. The number of amides is 2. The predicted octanol–water partition coefficient (Wildman–Crippen LogP) is 4.24. The Morgan fingerprint density at radius 1 is 1.11 bits per heavy atom. The molecular weight excluding hydrogens is 356 g/mol. The van der Waals surface area contributed by atoms with Crippen molar-refractivity contribution in [2.75, 3.05) is 0 Å². The van der Waals surface area contributed by atoms with E-state index in [1.165, 1.54) is 55.4 Å². The molecule has 5 heteroatoms. The molecule has 1 heterocycles. The number of aryl methyl sites for hydroxylation is 1. The van der Waals surface area contributed by atoms with Crippen molar-refractivity contribution >= 4 is 23.2 Å². The van der Waals surface area contributed by atoms with Crippen LogP contribution in [0.1, 0.15) is 78.4 Å². The number of hydrogen-bond donors (Lipinski definition) is 2. The molecule has 0 radical (unpaired) electrons. The summed E-state index contributed by atoms with van der Waals surface area (Å²) in [7, 11) is 0. The molecule has 1 aromatic heterocycles. The number of hydrazine groups is 1. The van der Waals surface area contributed by atoms with E-state index in [0.717, 1.165) is 35.5 Å². The summed E-state index contributed by atoms with van der Waals surface area (Å²) in [5.41, 5.74) is 6.92. The van der Waals surface area contributed by atoms with Gasteiger partial charge in [-0.1, -0.05) is 6.92 Å². The van der Waals surface area contributed by atoms with E-state index < -0.39 is 0 Å². The molecule has 4 saturated carbocycles. The van der Waals surface area contributed by atoms with Crippen LogP contribution in [0.15, 0.2) is 6.07 Å². The van der Waals surface area contributed by atoms with Gasteiger partial charge in [0.2, 0.25) is 5.91 Å². The molecule has 4 bridgehead atoms. The van der Waals surface area contributed by atoms with Gasteiger partial charge < -0.3 is 0 Å². The molecule has 1 aromatic rings. The van der Waals surface area contributed by atoms with E-state index in [1.807, 2.05) is 6.07 Å². The highest BCUT2D eigenvalue weighted by atomic mass is 32.1. The summed E-state index contributed by atoms with van der Waals surface area (Å²) in [6.07, 6.45) is 11.7. The number of rotatable bonds is 3. The Morgan fingerprint density at radius 2 is 1.78 bits per heavy atom. The number of carbonyl (C=O) groups is 2. The van der Waals surface area contributed by atoms with Crippen LogP contribution in [0.3, 0.4) is 0 Å². The van der Waals surface area contributed by atoms with E-state index in [4.69, 9.17) is 0 Å². The molecule has 4 fully saturated rings. The molecule has 5 aliphatic carbocycles. The fourth-order valence-corrected chi connectivity index (χ4v) is 8.00. The maximum absolute atomic E-state index is 12.6. The minimum atomic E-state index is -0.166. The summed E-state index contributed by atoms with van der Waals surface area (Å²) in [6, 6.07) is 2.02. The van der Waals surface area contributed by atoms with Gasteiger partial charge in [0.05, 0.1) is 4.88 Å². The van der Waals surface area contributed by atoms with E-state index >= 15 is 0 Å². The Bertz CT molecular complexity index is 733. The molecule has 4 nitrogen and oxygen atoms in total. The summed E-state index contributed by atoms with van der Waals surface area (Å²) in [5.74, 6) is 3.06. The molecule has 0 aliphatic heterocycles. The standard InChI is InChI=1S/C22H30N2O2S/c1-13-2-3-18-17(4-13)8-19(27-18)21(26)24-23-20(25)12-22-9-14-5-15(10-22)7-16(6-14)11-22/h8,13-16H,2-7,9-12H2,1H3,(H,23,25)(H,24,26)/t13-,14?,15?,16?,22?/m1/s1. The molecule has 5 aliphatic rings. The molecule has 0 spiro atoms. The van der Waals surface area contributed by atoms with Gasteiger partial charge in [-0.25, -0.2) is 0 Å². The molecule has 0 saturated heterocycles. The van der Waals surface area contributed by atoms with Crippen molar-refractivity contribution in [2.45, 2.75) is 71.1 Å². The van der Waals surface area contributed by atoms with Gasteiger partial charge in [0.15, 0.2) is 0 Å². The van der Waals surface area contributed by atoms with Crippen LogP contribution in [0, 0.1) is 29.1 Å². The second-order valence-corrected chi connectivity index (χ2v) is 11.1. The number of hydrogen-bond acceptors (Lipinski definition) is 3. The lowest BCUT2D eigenvalue weighted by Gasteiger charge is -2.56. The Hall–Kier alpha value is -1.36. The van der Waals surface area contributed by atoms with Crippen LogP contribution in [-0.4, -0.2) is 11.8 Å². The Labute approximate surface area is 165 Å². The molecular formula is C22H30N2O2S. The Balaban J connectivity index is 1.17. The average Bonchev–Trinajstić information content (AvgIpc) is 3.01. The number of fused-ring (bicyclic) bond motifs is 1. The summed E-state index contributed by atoms with van der Waals surface area (Å²) in [6.45, 7) is 2.27. The monoisotopic (exact) mass is 386 g/mol. The number of nitrogens with one attached hydrogen (secondary N) is 2. The van der Waals surface area contributed by atoms with E-state index in [9.17, 15) is 9.59 Å². The average molecular weight is 387 g/mol. The van der Waals surface area contributed by atoms with E-state index in [2.05, 4.69) is 17.8 Å². The van der Waals surface area contributed by atoms with Gasteiger partial charge >= 0.3 is 0 Å². The van der Waals surface area contributed by atoms with Crippen LogP contribution in [0.2, 0.25) is 0 Å². The third-order valence-electron chi connectivity index (χ3n) is 7.57. The van der Waals surface area contributed by atoms with Gasteiger partial charge in [0, 0.05) is 11.3 Å². The lowest BCUT2D eigenvalue weighted by molar-refractivity contribution is -0.130. The van der Waals surface area contributed by atoms with Crippen molar-refractivity contribution in [3.8, 4) is 0 Å². The summed E-state index contributed by atoms with van der Waals surface area (Å²) < 4.78 is 0. The highest BCUT2D eigenvalue weighted by Crippen LogP contribution is 2.61. The van der Waals surface area contributed by atoms with Crippen molar-refractivity contribution in [2.24, 2.45) is 29.1 Å². The number of thiophene rings is 1. The molecule has 27 heavy (non-hydrogen) atoms. The Kier molecular flexibility index (Phi) is 4.34. The first kappa shape index (κ1) is 17.7. The maximum atomic E-state index is 12.6. The van der Waals surface area contributed by atoms with Gasteiger partial charge in [0.1, 0.15) is 0 Å². The zero-order valence-corrected chi connectivity index (χ0v) is 17.0. The van der Waals surface area contributed by atoms with E-state index in [1.54, 1.807) is 11.3 Å². The molecule has 1 atom stereocenters. The molecule has 0 aromatic carbocycles. The van der Waals surface area contributed by atoms with Crippen LogP contribution in [0.4, 0.5) is 0 Å². The molecule has 146 valence electrons. The zero-order valence-electron chi connectivity index (χ0n) is 16.2. The van der Waals surface area contributed by atoms with Crippen LogP contribution < -0.4 is 10.9 Å². The third-order valence-corrected chi connectivity index (χ3v) is 8.80. The van der Waals surface area contributed by atoms with Gasteiger partial charge in [0.25, 0.3) is 5.91 Å². The fraction of sp³-hybridized carbons (Fsp3) is 0.727. The van der Waals surface area contributed by atoms with Crippen molar-refractivity contribution in [3.05, 3.63) is 21.4 Å². The normalized spacial score (nSPS) is 36.3. The lowest BCUT2D eigenvalue weighted by atomic mass is 9.49. The number of carbonyl (C=O) groups excluding carboxylic acids is 2. The van der Waals surface area contributed by atoms with Gasteiger partial charge in [-0.05, 0) is 98.5 Å². The smallest absolute Gasteiger partial charge is 0.273 e. The fourth-order valence-electron chi connectivity index (χ4n) is 6.90. The van der Waals surface area contributed by atoms with Gasteiger partial charge in [-0.3, -0.25) is 20.4 Å². The highest BCUT2D eigenvalue weighted by molar-refractivity contribution is 7.14. The largest absolute Gasteiger partial charge is 0.279 e. The first-order valence-corrected chi connectivity index (χ1v) is 11.5. The van der Waals surface area contributed by atoms with E-state index in [0.29, 0.717) is 12.3 Å². The van der Waals surface area contributed by atoms with Gasteiger partial charge in [-0.15, -0.1) is 11.3 Å². The minimum absolute atomic E-state index is 0.0137. The van der Waals surface area contributed by atoms with E-state index in [-0.39, 0.29) is 17.2 Å². The lowest BCUT2D eigenvalue weighted by Crippen LogP contribution is -2.50. The quantitative estimate of drug-likeness (QED) is 0.764. The zero-order chi connectivity index (χ0) is 18.6. The summed E-state index contributed by atoms with van der Waals surface area (Å²) in [4.78, 5) is 27.1. The first-order valence-electron chi connectivity index (χ1n) is 10.7. The van der Waals surface area contributed by atoms with Crippen LogP contribution in [0.5, 0.6) is 0 Å². The first-order chi connectivity index (χ1) is 13.0. The van der Waals surface area contributed by atoms with Crippen LogP contribution in [0.25, 0.3) is 0 Å². The van der Waals surface area contributed by atoms with Crippen molar-refractivity contribution in [1.82, 2.24) is 10.9 Å². The second kappa shape index (κ2) is 6.61.